The minimum atomic E-state index is -0.231. The molecule has 1 N–H and O–H groups in total. The van der Waals surface area contributed by atoms with Gasteiger partial charge in [0.05, 0.1) is 0 Å². The first-order valence-electron chi connectivity index (χ1n) is 5.72. The van der Waals surface area contributed by atoms with Gasteiger partial charge < -0.3 is 5.32 Å². The molecule has 1 amide bonds. The van der Waals surface area contributed by atoms with Crippen molar-refractivity contribution >= 4 is 12.1 Å². The summed E-state index contributed by atoms with van der Waals surface area (Å²) in [5.74, 6) is 0.182. The Kier molecular flexibility index (Phi) is 8.82. The third-order valence-corrected chi connectivity index (χ3v) is 2.02. The van der Waals surface area contributed by atoms with Gasteiger partial charge in [-0.3, -0.25) is 9.79 Å². The summed E-state index contributed by atoms with van der Waals surface area (Å²) in [5, 5.41) is 2.59. The first-order valence-corrected chi connectivity index (χ1v) is 5.72. The van der Waals surface area contributed by atoms with Crippen molar-refractivity contribution in [3.63, 3.8) is 0 Å². The van der Waals surface area contributed by atoms with Crippen LogP contribution in [0.3, 0.4) is 0 Å². The molecule has 0 saturated heterocycles. The van der Waals surface area contributed by atoms with Crippen molar-refractivity contribution in [2.75, 3.05) is 0 Å². The highest BCUT2D eigenvalue weighted by molar-refractivity contribution is 5.88. The molecule has 0 heterocycles. The average molecular weight is 244 g/mol. The summed E-state index contributed by atoms with van der Waals surface area (Å²) in [4.78, 5) is 15.1. The van der Waals surface area contributed by atoms with Crippen molar-refractivity contribution in [3.8, 4) is 0 Å². The van der Waals surface area contributed by atoms with E-state index >= 15 is 0 Å². The Morgan fingerprint density at radius 1 is 1.33 bits per heavy atom. The molecule has 0 saturated carbocycles. The third kappa shape index (κ3) is 8.05. The van der Waals surface area contributed by atoms with Crippen molar-refractivity contribution in [1.29, 1.82) is 0 Å². The highest BCUT2D eigenvalue weighted by Crippen LogP contribution is 2.09. The second-order valence-corrected chi connectivity index (χ2v) is 3.74. The summed E-state index contributed by atoms with van der Waals surface area (Å²) in [5.41, 5.74) is 1.12. The van der Waals surface area contributed by atoms with Crippen molar-refractivity contribution in [3.05, 3.63) is 61.5 Å². The zero-order chi connectivity index (χ0) is 13.8. The van der Waals surface area contributed by atoms with Crippen LogP contribution < -0.4 is 5.32 Å². The summed E-state index contributed by atoms with van der Waals surface area (Å²) in [7, 11) is 0. The van der Waals surface area contributed by atoms with E-state index in [-0.39, 0.29) is 5.91 Å². The van der Waals surface area contributed by atoms with Gasteiger partial charge in [-0.1, -0.05) is 45.2 Å². The summed E-state index contributed by atoms with van der Waals surface area (Å²) < 4.78 is 0. The van der Waals surface area contributed by atoms with Crippen LogP contribution in [0.1, 0.15) is 13.8 Å². The number of aliphatic imine (C=N–C) groups is 1. The predicted octanol–water partition coefficient (Wildman–Crippen LogP) is 3.16. The van der Waals surface area contributed by atoms with Crippen molar-refractivity contribution in [2.45, 2.75) is 13.8 Å². The van der Waals surface area contributed by atoms with Gasteiger partial charge in [0, 0.05) is 24.7 Å². The Morgan fingerprint density at radius 3 is 2.61 bits per heavy atom. The number of nitrogens with zero attached hydrogens (tertiary/aromatic N) is 1. The highest BCUT2D eigenvalue weighted by atomic mass is 16.1. The van der Waals surface area contributed by atoms with Crippen LogP contribution >= 0.6 is 0 Å². The lowest BCUT2D eigenvalue weighted by Gasteiger charge is -2.03. The third-order valence-electron chi connectivity index (χ3n) is 2.02. The summed E-state index contributed by atoms with van der Waals surface area (Å²) in [6.45, 7) is 11.4. The van der Waals surface area contributed by atoms with Crippen LogP contribution in [0, 0.1) is 5.92 Å². The van der Waals surface area contributed by atoms with E-state index in [2.05, 4.69) is 37.3 Å². The predicted molar refractivity (Wildman–Crippen MR) is 78.2 cm³/mol. The van der Waals surface area contributed by atoms with Crippen molar-refractivity contribution in [1.82, 2.24) is 5.32 Å². The van der Waals surface area contributed by atoms with Crippen LogP contribution in [-0.2, 0) is 4.79 Å². The van der Waals surface area contributed by atoms with Crippen molar-refractivity contribution in [2.24, 2.45) is 10.9 Å². The maximum atomic E-state index is 11.3. The molecule has 18 heavy (non-hydrogen) atoms. The van der Waals surface area contributed by atoms with E-state index in [1.54, 1.807) is 18.4 Å². The van der Waals surface area contributed by atoms with Gasteiger partial charge in [-0.05, 0) is 17.6 Å². The van der Waals surface area contributed by atoms with Gasteiger partial charge in [0.2, 0.25) is 5.91 Å². The van der Waals surface area contributed by atoms with Gasteiger partial charge in [-0.2, -0.15) is 0 Å². The molecule has 0 bridgehead atoms. The molecule has 0 rings (SSSR count). The molecule has 0 spiro atoms. The minimum Gasteiger partial charge on any atom is -0.329 e. The molecule has 0 atom stereocenters. The minimum absolute atomic E-state index is 0.231. The second kappa shape index (κ2) is 10.0. The number of amides is 1. The lowest BCUT2D eigenvalue weighted by Crippen LogP contribution is -2.13. The fourth-order valence-corrected chi connectivity index (χ4v) is 1.06. The van der Waals surface area contributed by atoms with Crippen LogP contribution in [-0.4, -0.2) is 12.1 Å². The monoisotopic (exact) mass is 244 g/mol. The molecule has 0 aliphatic heterocycles. The molecule has 0 aliphatic carbocycles. The van der Waals surface area contributed by atoms with Crippen LogP contribution in [0.2, 0.25) is 0 Å². The zero-order valence-electron chi connectivity index (χ0n) is 11.0. The lowest BCUT2D eigenvalue weighted by molar-refractivity contribution is -0.115. The number of allylic oxidation sites excluding steroid dienone is 5. The molecule has 0 aromatic carbocycles. The molecule has 0 unspecified atom stereocenters. The maximum absolute atomic E-state index is 11.3. The number of carbonyl (C=O) groups excluding carboxylic acids is 1. The molecular weight excluding hydrogens is 224 g/mol. The molecule has 0 aromatic rings. The molecule has 3 heteroatoms. The molecule has 0 aromatic heterocycles. The summed E-state index contributed by atoms with van der Waals surface area (Å²) in [6.07, 6.45) is 12.9. The van der Waals surface area contributed by atoms with Gasteiger partial charge in [0.15, 0.2) is 0 Å². The van der Waals surface area contributed by atoms with Gasteiger partial charge in [0.25, 0.3) is 0 Å². The topological polar surface area (TPSA) is 41.5 Å². The van der Waals surface area contributed by atoms with E-state index in [0.717, 1.165) is 5.57 Å². The number of nitrogens with one attached hydrogen (secondary N) is 1. The normalized spacial score (nSPS) is 12.7. The van der Waals surface area contributed by atoms with E-state index in [9.17, 15) is 4.79 Å². The van der Waals surface area contributed by atoms with Crippen LogP contribution in [0.4, 0.5) is 0 Å². The number of carbonyl (C=O) groups is 1. The Balaban J connectivity index is 4.20. The summed E-state index contributed by atoms with van der Waals surface area (Å²) in [6, 6.07) is 0. The molecule has 0 radical (unpaired) electrons. The molecule has 0 fully saturated rings. The summed E-state index contributed by atoms with van der Waals surface area (Å²) >= 11 is 0. The zero-order valence-corrected chi connectivity index (χ0v) is 11.0. The first-order chi connectivity index (χ1) is 8.61. The first kappa shape index (κ1) is 15.8. The van der Waals surface area contributed by atoms with E-state index < -0.39 is 0 Å². The van der Waals surface area contributed by atoms with E-state index in [4.69, 9.17) is 0 Å². The Morgan fingerprint density at radius 2 is 2.06 bits per heavy atom. The van der Waals surface area contributed by atoms with Gasteiger partial charge >= 0.3 is 0 Å². The fraction of sp³-hybridized carbons (Fsp3) is 0.200. The van der Waals surface area contributed by atoms with Crippen molar-refractivity contribution < 1.29 is 4.79 Å². The molecule has 96 valence electrons. The van der Waals surface area contributed by atoms with E-state index in [1.807, 2.05) is 6.08 Å². The maximum Gasteiger partial charge on any atom is 0.249 e. The SMILES string of the molecule is C=CC=N/C=C/C(=O)N/C=C/C=C(\C=C)C(C)C. The number of hydrogen-bond donors (Lipinski definition) is 1. The van der Waals surface area contributed by atoms with Crippen LogP contribution in [0.25, 0.3) is 0 Å². The Hall–Kier alpha value is -2.16. The Bertz CT molecular complexity index is 399. The highest BCUT2D eigenvalue weighted by Gasteiger charge is 1.95. The van der Waals surface area contributed by atoms with Gasteiger partial charge in [0.1, 0.15) is 0 Å². The van der Waals surface area contributed by atoms with E-state index in [0.29, 0.717) is 5.92 Å². The van der Waals surface area contributed by atoms with Gasteiger partial charge in [-0.15, -0.1) is 0 Å². The Labute approximate surface area is 109 Å². The van der Waals surface area contributed by atoms with Gasteiger partial charge in [-0.25, -0.2) is 0 Å². The fourth-order valence-electron chi connectivity index (χ4n) is 1.06. The van der Waals surface area contributed by atoms with Crippen LogP contribution in [0.5, 0.6) is 0 Å². The molecule has 0 aliphatic rings. The number of rotatable bonds is 7. The second-order valence-electron chi connectivity index (χ2n) is 3.74. The average Bonchev–Trinajstić information content (AvgIpc) is 2.34. The standard InChI is InChI=1S/C15H20N2O/c1-5-10-16-12-9-15(18)17-11-7-8-14(6-2)13(3)4/h5-13H,1-2H2,3-4H3,(H,17,18)/b11-7+,12-9+,14-8+,16-10?. The van der Waals surface area contributed by atoms with E-state index in [1.165, 1.54) is 24.6 Å². The molecule has 3 nitrogen and oxygen atoms in total. The largest absolute Gasteiger partial charge is 0.329 e. The quantitative estimate of drug-likeness (QED) is 0.417. The lowest BCUT2D eigenvalue weighted by atomic mass is 10.0. The molecular formula is C15H20N2O. The smallest absolute Gasteiger partial charge is 0.249 e. The van der Waals surface area contributed by atoms with Crippen LogP contribution in [0.15, 0.2) is 66.5 Å². The number of hydrogen-bond acceptors (Lipinski definition) is 2.